The van der Waals surface area contributed by atoms with Crippen molar-refractivity contribution in [3.05, 3.63) is 10.9 Å². The lowest BCUT2D eigenvalue weighted by atomic mass is 10.0. The van der Waals surface area contributed by atoms with Crippen LogP contribution in [0.5, 0.6) is 0 Å². The zero-order chi connectivity index (χ0) is 12.3. The first-order valence-electron chi connectivity index (χ1n) is 5.79. The fraction of sp³-hybridized carbons (Fsp3) is 0.583. The molecule has 0 amide bonds. The van der Waals surface area contributed by atoms with Gasteiger partial charge in [-0.2, -0.15) is 5.26 Å². The van der Waals surface area contributed by atoms with Crippen molar-refractivity contribution in [2.75, 3.05) is 37.4 Å². The number of thiophene rings is 1. The maximum Gasteiger partial charge on any atom is 0.129 e. The molecule has 1 aromatic heterocycles. The number of hydrogen-bond donors (Lipinski definition) is 1. The quantitative estimate of drug-likeness (QED) is 0.893. The largest absolute Gasteiger partial charge is 0.397 e. The molecular formula is C12H17N3OS. The van der Waals surface area contributed by atoms with Crippen molar-refractivity contribution in [1.82, 2.24) is 0 Å². The summed E-state index contributed by atoms with van der Waals surface area (Å²) in [5.74, 6) is 0.586. The molecule has 0 saturated carbocycles. The van der Waals surface area contributed by atoms with E-state index in [1.165, 1.54) is 17.8 Å². The molecule has 2 rings (SSSR count). The van der Waals surface area contributed by atoms with Crippen LogP contribution in [-0.4, -0.2) is 26.8 Å². The summed E-state index contributed by atoms with van der Waals surface area (Å²) in [6.07, 6.45) is 2.37. The molecular weight excluding hydrogens is 234 g/mol. The zero-order valence-corrected chi connectivity index (χ0v) is 10.8. The minimum atomic E-state index is 0.583. The molecule has 0 aliphatic carbocycles. The summed E-state index contributed by atoms with van der Waals surface area (Å²) < 4.78 is 5.47. The van der Waals surface area contributed by atoms with Crippen LogP contribution in [0.1, 0.15) is 17.7 Å². The van der Waals surface area contributed by atoms with Crippen molar-refractivity contribution in [2.24, 2.45) is 5.92 Å². The number of ether oxygens (including phenoxy) is 1. The van der Waals surface area contributed by atoms with E-state index in [1.807, 2.05) is 13.1 Å². The van der Waals surface area contributed by atoms with Gasteiger partial charge in [-0.15, -0.1) is 11.3 Å². The molecule has 1 fully saturated rings. The van der Waals surface area contributed by atoms with Gasteiger partial charge in [0.25, 0.3) is 0 Å². The third-order valence-corrected chi connectivity index (χ3v) is 4.18. The Labute approximate surface area is 106 Å². The van der Waals surface area contributed by atoms with Crippen molar-refractivity contribution < 1.29 is 4.74 Å². The van der Waals surface area contributed by atoms with E-state index in [0.29, 0.717) is 16.5 Å². The lowest BCUT2D eigenvalue weighted by molar-refractivity contribution is 0.0577. The summed E-state index contributed by atoms with van der Waals surface area (Å²) in [5, 5.41) is 9.94. The van der Waals surface area contributed by atoms with Crippen molar-refractivity contribution in [3.63, 3.8) is 0 Å². The van der Waals surface area contributed by atoms with Crippen LogP contribution < -0.4 is 10.6 Å². The van der Waals surface area contributed by atoms with Gasteiger partial charge in [-0.25, -0.2) is 0 Å². The summed E-state index contributed by atoms with van der Waals surface area (Å²) in [6.45, 7) is 2.70. The van der Waals surface area contributed by atoms with Gasteiger partial charge in [0.15, 0.2) is 0 Å². The van der Waals surface area contributed by atoms with Crippen molar-refractivity contribution in [1.29, 1.82) is 5.26 Å². The summed E-state index contributed by atoms with van der Waals surface area (Å²) >= 11 is 1.46. The second kappa shape index (κ2) is 5.39. The zero-order valence-electron chi connectivity index (χ0n) is 9.98. The second-order valence-corrected chi connectivity index (χ2v) is 5.48. The summed E-state index contributed by atoms with van der Waals surface area (Å²) in [6, 6.07) is 4.00. The average molecular weight is 251 g/mol. The van der Waals surface area contributed by atoms with Gasteiger partial charge in [-0.1, -0.05) is 0 Å². The van der Waals surface area contributed by atoms with Crippen LogP contribution in [0.25, 0.3) is 0 Å². The first-order chi connectivity index (χ1) is 8.20. The Morgan fingerprint density at radius 2 is 2.53 bits per heavy atom. The van der Waals surface area contributed by atoms with E-state index in [1.54, 1.807) is 0 Å². The van der Waals surface area contributed by atoms with E-state index in [-0.39, 0.29) is 0 Å². The molecule has 2 heterocycles. The van der Waals surface area contributed by atoms with Crippen LogP contribution >= 0.6 is 11.3 Å². The molecule has 1 unspecified atom stereocenters. The molecule has 0 spiro atoms. The molecule has 0 aromatic carbocycles. The molecule has 1 saturated heterocycles. The van der Waals surface area contributed by atoms with Gasteiger partial charge >= 0.3 is 0 Å². The Balaban J connectivity index is 1.98. The van der Waals surface area contributed by atoms with E-state index in [4.69, 9.17) is 15.7 Å². The number of nitrogens with two attached hydrogens (primary N) is 1. The number of anilines is 2. The molecule has 1 aromatic rings. The second-order valence-electron chi connectivity index (χ2n) is 4.44. The highest BCUT2D eigenvalue weighted by Crippen LogP contribution is 2.31. The molecule has 1 aliphatic heterocycles. The number of nitrogens with zero attached hydrogens (tertiary/aromatic N) is 2. The van der Waals surface area contributed by atoms with Gasteiger partial charge in [0.1, 0.15) is 10.9 Å². The molecule has 5 heteroatoms. The van der Waals surface area contributed by atoms with E-state index in [0.717, 1.165) is 31.2 Å². The van der Waals surface area contributed by atoms with Gasteiger partial charge < -0.3 is 15.4 Å². The van der Waals surface area contributed by atoms with Crippen LogP contribution in [0, 0.1) is 17.2 Å². The normalized spacial score (nSPS) is 19.9. The fourth-order valence-electron chi connectivity index (χ4n) is 2.10. The van der Waals surface area contributed by atoms with E-state index in [9.17, 15) is 0 Å². The maximum atomic E-state index is 8.88. The lowest BCUT2D eigenvalue weighted by Gasteiger charge is -2.27. The molecule has 92 valence electrons. The van der Waals surface area contributed by atoms with E-state index < -0.39 is 0 Å². The molecule has 1 aliphatic rings. The van der Waals surface area contributed by atoms with Crippen LogP contribution in [0.3, 0.4) is 0 Å². The smallest absolute Gasteiger partial charge is 0.129 e. The molecule has 4 nitrogen and oxygen atoms in total. The summed E-state index contributed by atoms with van der Waals surface area (Å²) in [4.78, 5) is 2.77. The number of nitriles is 1. The van der Waals surface area contributed by atoms with E-state index in [2.05, 4.69) is 11.0 Å². The number of nitrogen functional groups attached to an aromatic ring is 1. The van der Waals surface area contributed by atoms with Gasteiger partial charge in [-0.05, 0) is 24.8 Å². The van der Waals surface area contributed by atoms with Crippen molar-refractivity contribution in [3.8, 4) is 6.07 Å². The average Bonchev–Trinajstić information content (AvgIpc) is 2.72. The maximum absolute atomic E-state index is 8.88. The van der Waals surface area contributed by atoms with Gasteiger partial charge in [0.05, 0.1) is 17.3 Å². The Bertz CT molecular complexity index is 418. The minimum absolute atomic E-state index is 0.583. The third kappa shape index (κ3) is 2.90. The molecule has 17 heavy (non-hydrogen) atoms. The first-order valence-corrected chi connectivity index (χ1v) is 6.60. The predicted molar refractivity (Wildman–Crippen MR) is 70.3 cm³/mol. The Hall–Kier alpha value is -1.25. The van der Waals surface area contributed by atoms with Gasteiger partial charge in [-0.3, -0.25) is 0 Å². The van der Waals surface area contributed by atoms with Crippen LogP contribution in [-0.2, 0) is 4.74 Å². The van der Waals surface area contributed by atoms with Crippen molar-refractivity contribution in [2.45, 2.75) is 12.8 Å². The van der Waals surface area contributed by atoms with E-state index >= 15 is 0 Å². The van der Waals surface area contributed by atoms with Crippen LogP contribution in [0.15, 0.2) is 6.07 Å². The van der Waals surface area contributed by atoms with Crippen LogP contribution in [0.2, 0.25) is 0 Å². The molecule has 0 radical (unpaired) electrons. The minimum Gasteiger partial charge on any atom is -0.397 e. The monoisotopic (exact) mass is 251 g/mol. The third-order valence-electron chi connectivity index (χ3n) is 3.01. The number of hydrogen-bond acceptors (Lipinski definition) is 5. The molecule has 2 N–H and O–H groups in total. The Morgan fingerprint density at radius 1 is 1.71 bits per heavy atom. The first kappa shape index (κ1) is 12.2. The summed E-state index contributed by atoms with van der Waals surface area (Å²) in [5.41, 5.74) is 6.34. The predicted octanol–water partition coefficient (Wildman–Crippen LogP) is 2.06. The van der Waals surface area contributed by atoms with Crippen molar-refractivity contribution >= 4 is 22.0 Å². The lowest BCUT2D eigenvalue weighted by Crippen LogP contribution is -2.30. The standard InChI is InChI=1S/C12H17N3OS/c1-15(7-9-3-2-4-16-8-9)12-5-10(14)11(6-13)17-12/h5,9H,2-4,7-8,14H2,1H3. The van der Waals surface area contributed by atoms with Gasteiger partial charge in [0.2, 0.25) is 0 Å². The number of rotatable bonds is 3. The Kier molecular flexibility index (Phi) is 3.87. The highest BCUT2D eigenvalue weighted by atomic mass is 32.1. The highest BCUT2D eigenvalue weighted by Gasteiger charge is 2.17. The highest BCUT2D eigenvalue weighted by molar-refractivity contribution is 7.17. The SMILES string of the molecule is CN(CC1CCCOC1)c1cc(N)c(C#N)s1. The molecule has 0 bridgehead atoms. The fourth-order valence-corrected chi connectivity index (χ4v) is 2.94. The van der Waals surface area contributed by atoms with Crippen LogP contribution in [0.4, 0.5) is 10.7 Å². The molecule has 1 atom stereocenters. The Morgan fingerprint density at radius 3 is 3.12 bits per heavy atom. The summed E-state index contributed by atoms with van der Waals surface area (Å²) in [7, 11) is 2.04. The van der Waals surface area contributed by atoms with Gasteiger partial charge in [0, 0.05) is 20.2 Å². The topological polar surface area (TPSA) is 62.3 Å².